The van der Waals surface area contributed by atoms with Crippen LogP contribution in [-0.4, -0.2) is 21.6 Å². The number of benzene rings is 2. The third-order valence-corrected chi connectivity index (χ3v) is 5.11. The van der Waals surface area contributed by atoms with E-state index in [1.807, 2.05) is 91.8 Å². The molecule has 0 aromatic heterocycles. The second kappa shape index (κ2) is 12.7. The fourth-order valence-electron chi connectivity index (χ4n) is 3.11. The molecular formula is C26H38N2NiO2. The number of hydrogen-bond donors (Lipinski definition) is 4. The van der Waals surface area contributed by atoms with Gasteiger partial charge in [-0.1, -0.05) is 79.7 Å². The summed E-state index contributed by atoms with van der Waals surface area (Å²) in [6, 6.07) is 11.3. The Hall–Kier alpha value is -2.13. The van der Waals surface area contributed by atoms with E-state index in [1.165, 1.54) is 0 Å². The van der Waals surface area contributed by atoms with Gasteiger partial charge in [0.15, 0.2) is 0 Å². The molecule has 0 heterocycles. The van der Waals surface area contributed by atoms with Crippen LogP contribution in [0.5, 0.6) is 11.5 Å². The predicted molar refractivity (Wildman–Crippen MR) is 128 cm³/mol. The van der Waals surface area contributed by atoms with Gasteiger partial charge in [-0.05, 0) is 46.9 Å². The van der Waals surface area contributed by atoms with Crippen molar-refractivity contribution < 1.29 is 26.7 Å². The maximum atomic E-state index is 10.0. The van der Waals surface area contributed by atoms with Crippen LogP contribution in [0, 0.1) is 22.7 Å². The molecule has 4 nitrogen and oxygen atoms in total. The molecular weight excluding hydrogens is 431 g/mol. The molecule has 0 aliphatic rings. The molecule has 0 radical (unpaired) electrons. The van der Waals surface area contributed by atoms with Crippen molar-refractivity contribution in [3.63, 3.8) is 0 Å². The average Bonchev–Trinajstić information content (AvgIpc) is 2.67. The Bertz CT molecular complexity index is 813. The van der Waals surface area contributed by atoms with Crippen molar-refractivity contribution in [3.8, 4) is 11.5 Å². The molecule has 0 unspecified atom stereocenters. The number of rotatable bonds is 6. The van der Waals surface area contributed by atoms with Gasteiger partial charge >= 0.3 is 0 Å². The van der Waals surface area contributed by atoms with Crippen molar-refractivity contribution in [1.29, 1.82) is 10.8 Å². The molecule has 2 rings (SSSR count). The molecule has 0 saturated carbocycles. The molecule has 0 bridgehead atoms. The second-order valence-corrected chi connectivity index (χ2v) is 8.93. The molecule has 2 aromatic carbocycles. The minimum Gasteiger partial charge on any atom is -0.507 e. The van der Waals surface area contributed by atoms with Crippen LogP contribution in [0.15, 0.2) is 36.4 Å². The summed E-state index contributed by atoms with van der Waals surface area (Å²) in [5, 5.41) is 35.9. The quantitative estimate of drug-likeness (QED) is 0.269. The Labute approximate surface area is 198 Å². The standard InChI is InChI=1S/2C13H19NO.Ni/c2*1-8(2)10-6-5-7-11(13(10)15)12(14)9(3)4;/h2*5-9,14-15H,1-4H3;. The minimum atomic E-state index is 0. The number of para-hydroxylation sites is 2. The number of hydrogen-bond acceptors (Lipinski definition) is 4. The first-order valence-corrected chi connectivity index (χ1v) is 10.7. The monoisotopic (exact) mass is 468 g/mol. The van der Waals surface area contributed by atoms with Crippen molar-refractivity contribution in [2.45, 2.75) is 67.2 Å². The Morgan fingerprint density at radius 1 is 0.613 bits per heavy atom. The molecule has 0 saturated heterocycles. The van der Waals surface area contributed by atoms with E-state index in [4.69, 9.17) is 10.8 Å². The summed E-state index contributed by atoms with van der Waals surface area (Å²) in [6.45, 7) is 16.0. The third kappa shape index (κ3) is 7.50. The molecule has 174 valence electrons. The van der Waals surface area contributed by atoms with Crippen LogP contribution >= 0.6 is 0 Å². The normalized spacial score (nSPS) is 10.7. The first kappa shape index (κ1) is 28.9. The zero-order chi connectivity index (χ0) is 23.2. The van der Waals surface area contributed by atoms with Crippen LogP contribution in [0.1, 0.15) is 89.5 Å². The van der Waals surface area contributed by atoms with Crippen LogP contribution in [0.25, 0.3) is 0 Å². The molecule has 5 heteroatoms. The van der Waals surface area contributed by atoms with Crippen LogP contribution in [0.3, 0.4) is 0 Å². The van der Waals surface area contributed by atoms with E-state index in [0.29, 0.717) is 22.6 Å². The largest absolute Gasteiger partial charge is 0.507 e. The fraction of sp³-hybridized carbons (Fsp3) is 0.462. The van der Waals surface area contributed by atoms with Crippen LogP contribution < -0.4 is 0 Å². The molecule has 0 aliphatic heterocycles. The van der Waals surface area contributed by atoms with Crippen LogP contribution in [0.2, 0.25) is 0 Å². The average molecular weight is 469 g/mol. The summed E-state index contributed by atoms with van der Waals surface area (Å²) in [7, 11) is 0. The van der Waals surface area contributed by atoms with Crippen LogP contribution in [-0.2, 0) is 16.5 Å². The second-order valence-electron chi connectivity index (χ2n) is 8.93. The van der Waals surface area contributed by atoms with E-state index in [-0.39, 0.29) is 51.7 Å². The van der Waals surface area contributed by atoms with E-state index in [1.54, 1.807) is 0 Å². The van der Waals surface area contributed by atoms with E-state index in [0.717, 1.165) is 11.1 Å². The van der Waals surface area contributed by atoms with Crippen molar-refractivity contribution in [2.24, 2.45) is 11.8 Å². The van der Waals surface area contributed by atoms with E-state index >= 15 is 0 Å². The Balaban J connectivity index is 0.000000562. The van der Waals surface area contributed by atoms with Gasteiger partial charge in [0.1, 0.15) is 11.5 Å². The molecule has 0 amide bonds. The zero-order valence-corrected chi connectivity index (χ0v) is 21.0. The van der Waals surface area contributed by atoms with Gasteiger partial charge in [-0.2, -0.15) is 0 Å². The Morgan fingerprint density at radius 2 is 0.903 bits per heavy atom. The summed E-state index contributed by atoms with van der Waals surface area (Å²) >= 11 is 0. The van der Waals surface area contributed by atoms with Gasteiger partial charge in [0.2, 0.25) is 0 Å². The van der Waals surface area contributed by atoms with E-state index in [9.17, 15) is 10.2 Å². The van der Waals surface area contributed by atoms with Crippen LogP contribution in [0.4, 0.5) is 0 Å². The van der Waals surface area contributed by atoms with E-state index < -0.39 is 0 Å². The van der Waals surface area contributed by atoms with Gasteiger partial charge in [-0.25, -0.2) is 0 Å². The summed E-state index contributed by atoms with van der Waals surface area (Å²) in [4.78, 5) is 0. The van der Waals surface area contributed by atoms with Gasteiger partial charge in [-0.3, -0.25) is 0 Å². The van der Waals surface area contributed by atoms with E-state index in [2.05, 4.69) is 0 Å². The van der Waals surface area contributed by atoms with Gasteiger partial charge in [0.05, 0.1) is 0 Å². The molecule has 4 N–H and O–H groups in total. The van der Waals surface area contributed by atoms with Crippen molar-refractivity contribution in [2.75, 3.05) is 0 Å². The summed E-state index contributed by atoms with van der Waals surface area (Å²) in [5.41, 5.74) is 4.15. The Morgan fingerprint density at radius 3 is 1.13 bits per heavy atom. The van der Waals surface area contributed by atoms with Crippen molar-refractivity contribution >= 4 is 11.4 Å². The zero-order valence-electron chi connectivity index (χ0n) is 20.0. The minimum absolute atomic E-state index is 0. The molecule has 0 spiro atoms. The number of phenols is 2. The number of aromatic hydroxyl groups is 2. The first-order chi connectivity index (χ1) is 13.9. The predicted octanol–water partition coefficient (Wildman–Crippen LogP) is 7.08. The summed E-state index contributed by atoms with van der Waals surface area (Å²) in [5.74, 6) is 1.38. The van der Waals surface area contributed by atoms with Gasteiger partial charge in [-0.15, -0.1) is 0 Å². The van der Waals surface area contributed by atoms with Gasteiger partial charge < -0.3 is 21.0 Å². The maximum absolute atomic E-state index is 10.0. The maximum Gasteiger partial charge on any atom is 0.128 e. The first-order valence-electron chi connectivity index (χ1n) is 10.7. The summed E-state index contributed by atoms with van der Waals surface area (Å²) in [6.07, 6.45) is 0. The fourth-order valence-corrected chi connectivity index (χ4v) is 3.11. The Kier molecular flexibility index (Phi) is 11.8. The molecule has 0 atom stereocenters. The number of phenolic OH excluding ortho intramolecular Hbond substituents is 2. The summed E-state index contributed by atoms with van der Waals surface area (Å²) < 4.78 is 0. The third-order valence-electron chi connectivity index (χ3n) is 5.11. The van der Waals surface area contributed by atoms with Crippen molar-refractivity contribution in [1.82, 2.24) is 0 Å². The molecule has 2 aromatic rings. The SMILES string of the molecule is CC(C)C(=N)c1cccc(C(C)C)c1O.CC(C)C(=N)c1cccc(C(C)C)c1O.[Ni]. The smallest absolute Gasteiger partial charge is 0.128 e. The van der Waals surface area contributed by atoms with Gasteiger partial charge in [0.25, 0.3) is 0 Å². The molecule has 0 aliphatic carbocycles. The molecule has 0 fully saturated rings. The number of nitrogens with one attached hydrogen (secondary N) is 2. The topological polar surface area (TPSA) is 88.2 Å². The van der Waals surface area contributed by atoms with Crippen molar-refractivity contribution in [3.05, 3.63) is 58.7 Å². The van der Waals surface area contributed by atoms with Gasteiger partial charge in [0, 0.05) is 39.0 Å². The molecule has 31 heavy (non-hydrogen) atoms.